The standard InChI is InChI=1S/C17H15Cl2N3O2/c18-13-6-2-1-5-12(13)11-20-22-17(24)10-9-16(23)21-15-8-4-3-7-14(15)19/h1-8,11H,9-10H2,(H,21,23)(H,22,24). The molecule has 0 radical (unpaired) electrons. The van der Waals surface area contributed by atoms with Crippen molar-refractivity contribution in [2.24, 2.45) is 5.10 Å². The van der Waals surface area contributed by atoms with Crippen LogP contribution in [0, 0.1) is 0 Å². The largest absolute Gasteiger partial charge is 0.325 e. The van der Waals surface area contributed by atoms with Crippen LogP contribution in [0.25, 0.3) is 0 Å². The van der Waals surface area contributed by atoms with Gasteiger partial charge in [0.1, 0.15) is 0 Å². The van der Waals surface area contributed by atoms with Gasteiger partial charge in [-0.3, -0.25) is 9.59 Å². The fraction of sp³-hybridized carbons (Fsp3) is 0.118. The molecule has 0 aliphatic rings. The van der Waals surface area contributed by atoms with E-state index in [1.807, 2.05) is 6.07 Å². The number of anilines is 1. The van der Waals surface area contributed by atoms with E-state index in [9.17, 15) is 9.59 Å². The summed E-state index contributed by atoms with van der Waals surface area (Å²) in [5, 5.41) is 7.45. The van der Waals surface area contributed by atoms with Gasteiger partial charge in [0.25, 0.3) is 0 Å². The molecule has 0 aliphatic carbocycles. The summed E-state index contributed by atoms with van der Waals surface area (Å²) < 4.78 is 0. The average molecular weight is 364 g/mol. The molecular formula is C17H15Cl2N3O2. The minimum Gasteiger partial charge on any atom is -0.325 e. The monoisotopic (exact) mass is 363 g/mol. The van der Waals surface area contributed by atoms with Crippen molar-refractivity contribution in [3.8, 4) is 0 Å². The lowest BCUT2D eigenvalue weighted by Crippen LogP contribution is -2.20. The SMILES string of the molecule is O=C(CCC(=O)Nc1ccccc1Cl)NN=Cc1ccccc1Cl. The molecule has 0 heterocycles. The van der Waals surface area contributed by atoms with Gasteiger partial charge < -0.3 is 5.32 Å². The molecule has 5 nitrogen and oxygen atoms in total. The van der Waals surface area contributed by atoms with Crippen LogP contribution >= 0.6 is 23.2 Å². The number of carbonyl (C=O) groups is 2. The van der Waals surface area contributed by atoms with E-state index in [4.69, 9.17) is 23.2 Å². The lowest BCUT2D eigenvalue weighted by Gasteiger charge is -2.06. The molecule has 0 bridgehead atoms. The molecule has 7 heteroatoms. The van der Waals surface area contributed by atoms with E-state index in [0.29, 0.717) is 21.3 Å². The van der Waals surface area contributed by atoms with Gasteiger partial charge >= 0.3 is 0 Å². The topological polar surface area (TPSA) is 70.6 Å². The van der Waals surface area contributed by atoms with Gasteiger partial charge in [0.15, 0.2) is 0 Å². The molecule has 2 N–H and O–H groups in total. The van der Waals surface area contributed by atoms with Crippen LogP contribution in [0.2, 0.25) is 10.0 Å². The van der Waals surface area contributed by atoms with Crippen molar-refractivity contribution in [2.75, 3.05) is 5.32 Å². The average Bonchev–Trinajstić information content (AvgIpc) is 2.57. The first-order valence-electron chi connectivity index (χ1n) is 7.17. The number of hydrogen-bond acceptors (Lipinski definition) is 3. The Morgan fingerprint density at radius 3 is 2.25 bits per heavy atom. The van der Waals surface area contributed by atoms with Crippen molar-refractivity contribution in [1.82, 2.24) is 5.43 Å². The van der Waals surface area contributed by atoms with Crippen molar-refractivity contribution in [2.45, 2.75) is 12.8 Å². The molecule has 2 aromatic carbocycles. The zero-order chi connectivity index (χ0) is 17.4. The molecule has 2 aromatic rings. The van der Waals surface area contributed by atoms with Gasteiger partial charge in [0, 0.05) is 23.4 Å². The minimum absolute atomic E-state index is 0.0101. The number of halogens is 2. The highest BCUT2D eigenvalue weighted by molar-refractivity contribution is 6.33. The molecule has 0 fully saturated rings. The highest BCUT2D eigenvalue weighted by Crippen LogP contribution is 2.20. The molecular weight excluding hydrogens is 349 g/mol. The molecule has 0 unspecified atom stereocenters. The zero-order valence-electron chi connectivity index (χ0n) is 12.6. The summed E-state index contributed by atoms with van der Waals surface area (Å²) in [6.07, 6.45) is 1.48. The molecule has 0 spiro atoms. The van der Waals surface area contributed by atoms with Crippen LogP contribution in [0.15, 0.2) is 53.6 Å². The first-order chi connectivity index (χ1) is 11.6. The number of para-hydroxylation sites is 1. The van der Waals surface area contributed by atoms with E-state index < -0.39 is 0 Å². The second-order valence-corrected chi connectivity index (χ2v) is 5.66. The van der Waals surface area contributed by atoms with E-state index in [1.165, 1.54) is 6.21 Å². The number of amides is 2. The molecule has 2 amide bonds. The normalized spacial score (nSPS) is 10.6. The van der Waals surface area contributed by atoms with Crippen LogP contribution in [0.1, 0.15) is 18.4 Å². The van der Waals surface area contributed by atoms with E-state index in [2.05, 4.69) is 15.8 Å². The lowest BCUT2D eigenvalue weighted by molar-refractivity contribution is -0.124. The van der Waals surface area contributed by atoms with Crippen LogP contribution in [0.4, 0.5) is 5.69 Å². The lowest BCUT2D eigenvalue weighted by atomic mass is 10.2. The van der Waals surface area contributed by atoms with Crippen molar-refractivity contribution in [3.63, 3.8) is 0 Å². The summed E-state index contributed by atoms with van der Waals surface area (Å²) in [5.41, 5.74) is 3.56. The summed E-state index contributed by atoms with van der Waals surface area (Å²) in [6, 6.07) is 14.0. The second-order valence-electron chi connectivity index (χ2n) is 4.84. The van der Waals surface area contributed by atoms with Gasteiger partial charge in [0.2, 0.25) is 11.8 Å². The molecule has 0 aromatic heterocycles. The summed E-state index contributed by atoms with van der Waals surface area (Å²) in [4.78, 5) is 23.5. The molecule has 124 valence electrons. The Morgan fingerprint density at radius 1 is 0.917 bits per heavy atom. The highest BCUT2D eigenvalue weighted by Gasteiger charge is 2.08. The van der Waals surface area contributed by atoms with E-state index in [-0.39, 0.29) is 24.7 Å². The fourth-order valence-corrected chi connectivity index (χ4v) is 2.18. The third-order valence-electron chi connectivity index (χ3n) is 3.03. The third kappa shape index (κ3) is 5.68. The van der Waals surface area contributed by atoms with Gasteiger partial charge in [-0.25, -0.2) is 5.43 Å². The second kappa shape index (κ2) is 9.05. The van der Waals surface area contributed by atoms with Crippen LogP contribution in [-0.2, 0) is 9.59 Å². The summed E-state index contributed by atoms with van der Waals surface area (Å²) in [7, 11) is 0. The van der Waals surface area contributed by atoms with Crippen molar-refractivity contribution >= 4 is 46.9 Å². The molecule has 2 rings (SSSR count). The molecule has 0 saturated heterocycles. The predicted octanol–water partition coefficient (Wildman–Crippen LogP) is 3.86. The number of carbonyl (C=O) groups excluding carboxylic acids is 2. The Bertz CT molecular complexity index is 763. The van der Waals surface area contributed by atoms with Gasteiger partial charge in [0.05, 0.1) is 16.9 Å². The summed E-state index contributed by atoms with van der Waals surface area (Å²) >= 11 is 11.9. The Hall–Kier alpha value is -2.37. The van der Waals surface area contributed by atoms with Crippen LogP contribution in [0.5, 0.6) is 0 Å². The number of nitrogens with zero attached hydrogens (tertiary/aromatic N) is 1. The number of hydrogen-bond donors (Lipinski definition) is 2. The van der Waals surface area contributed by atoms with Crippen LogP contribution in [-0.4, -0.2) is 18.0 Å². The number of hydrazone groups is 1. The maximum Gasteiger partial charge on any atom is 0.240 e. The minimum atomic E-state index is -0.368. The maximum absolute atomic E-state index is 11.8. The quantitative estimate of drug-likeness (QED) is 0.604. The molecule has 0 saturated carbocycles. The third-order valence-corrected chi connectivity index (χ3v) is 3.70. The van der Waals surface area contributed by atoms with Gasteiger partial charge in [-0.15, -0.1) is 0 Å². The Kier molecular flexibility index (Phi) is 6.78. The smallest absolute Gasteiger partial charge is 0.240 e. The predicted molar refractivity (Wildman–Crippen MR) is 96.5 cm³/mol. The Balaban J connectivity index is 1.76. The molecule has 0 atom stereocenters. The number of benzene rings is 2. The zero-order valence-corrected chi connectivity index (χ0v) is 14.1. The van der Waals surface area contributed by atoms with Crippen LogP contribution < -0.4 is 10.7 Å². The van der Waals surface area contributed by atoms with E-state index in [1.54, 1.807) is 42.5 Å². The Morgan fingerprint density at radius 2 is 1.54 bits per heavy atom. The first kappa shape index (κ1) is 18.0. The van der Waals surface area contributed by atoms with Crippen molar-refractivity contribution < 1.29 is 9.59 Å². The van der Waals surface area contributed by atoms with E-state index >= 15 is 0 Å². The van der Waals surface area contributed by atoms with E-state index in [0.717, 1.165) is 0 Å². The van der Waals surface area contributed by atoms with Gasteiger partial charge in [-0.2, -0.15) is 5.10 Å². The first-order valence-corrected chi connectivity index (χ1v) is 7.92. The summed E-state index contributed by atoms with van der Waals surface area (Å²) in [5.74, 6) is -0.666. The summed E-state index contributed by atoms with van der Waals surface area (Å²) in [6.45, 7) is 0. The Labute approximate surface area is 149 Å². The number of rotatable bonds is 6. The molecule has 0 aliphatic heterocycles. The fourth-order valence-electron chi connectivity index (χ4n) is 1.81. The van der Waals surface area contributed by atoms with Crippen molar-refractivity contribution in [3.05, 3.63) is 64.1 Å². The van der Waals surface area contributed by atoms with Gasteiger partial charge in [-0.05, 0) is 18.2 Å². The van der Waals surface area contributed by atoms with Crippen LogP contribution in [0.3, 0.4) is 0 Å². The van der Waals surface area contributed by atoms with Gasteiger partial charge in [-0.1, -0.05) is 53.5 Å². The highest BCUT2D eigenvalue weighted by atomic mass is 35.5. The van der Waals surface area contributed by atoms with Crippen molar-refractivity contribution in [1.29, 1.82) is 0 Å². The number of nitrogens with one attached hydrogen (secondary N) is 2. The maximum atomic E-state index is 11.8. The molecule has 24 heavy (non-hydrogen) atoms.